The van der Waals surface area contributed by atoms with E-state index < -0.39 is 25.5 Å². The topological polar surface area (TPSA) is 160 Å². The number of ether oxygens (including phenoxy) is 2. The molecule has 0 saturated carbocycles. The second-order valence-corrected chi connectivity index (χ2v) is 12.6. The van der Waals surface area contributed by atoms with E-state index in [9.17, 15) is 14.5 Å². The van der Waals surface area contributed by atoms with Crippen molar-refractivity contribution in [2.75, 3.05) is 12.3 Å². The lowest BCUT2D eigenvalue weighted by Gasteiger charge is -2.31. The number of nitrogens with zero attached hydrogens (tertiary/aromatic N) is 3. The number of imidazole rings is 1. The van der Waals surface area contributed by atoms with Gasteiger partial charge in [-0.25, -0.2) is 14.5 Å². The monoisotopic (exact) mass is 647 g/mol. The second-order valence-electron chi connectivity index (χ2n) is 10.5. The molecule has 0 saturated heterocycles. The third-order valence-electron chi connectivity index (χ3n) is 6.83. The molecule has 0 bridgehead atoms. The number of carbonyl (C=O) groups excluding carboxylic acids is 1. The van der Waals surface area contributed by atoms with Crippen molar-refractivity contribution in [2.24, 2.45) is 0 Å². The summed E-state index contributed by atoms with van der Waals surface area (Å²) in [4.78, 5) is 22.0. The summed E-state index contributed by atoms with van der Waals surface area (Å²) >= 11 is 6.02. The van der Waals surface area contributed by atoms with Crippen LogP contribution in [0.15, 0.2) is 48.5 Å². The molecule has 2 aromatic heterocycles. The summed E-state index contributed by atoms with van der Waals surface area (Å²) in [5.41, 5.74) is 7.93. The van der Waals surface area contributed by atoms with Crippen molar-refractivity contribution in [3.63, 3.8) is 0 Å². The van der Waals surface area contributed by atoms with Crippen molar-refractivity contribution in [2.45, 2.75) is 78.5 Å². The first-order chi connectivity index (χ1) is 20.9. The van der Waals surface area contributed by atoms with Crippen LogP contribution < -0.4 is 15.3 Å². The number of aliphatic hydroxyl groups is 1. The van der Waals surface area contributed by atoms with Crippen LogP contribution in [0.1, 0.15) is 53.3 Å². The van der Waals surface area contributed by atoms with Gasteiger partial charge in [0.05, 0.1) is 17.6 Å². The van der Waals surface area contributed by atoms with Crippen molar-refractivity contribution in [3.8, 4) is 5.75 Å². The van der Waals surface area contributed by atoms with Crippen LogP contribution in [0.25, 0.3) is 21.9 Å². The zero-order chi connectivity index (χ0) is 32.1. The number of aromatic nitrogens is 3. The molecule has 2 aromatic carbocycles. The summed E-state index contributed by atoms with van der Waals surface area (Å²) in [6.45, 7) is 8.73. The number of hydrogen-bond acceptors (Lipinski definition) is 10. The van der Waals surface area contributed by atoms with E-state index in [-0.39, 0.29) is 30.8 Å². The summed E-state index contributed by atoms with van der Waals surface area (Å²) in [5, 5.41) is 15.5. The van der Waals surface area contributed by atoms with Gasteiger partial charge in [-0.3, -0.25) is 9.32 Å². The van der Waals surface area contributed by atoms with E-state index in [1.165, 1.54) is 26.0 Å². The molecule has 4 aromatic rings. The second kappa shape index (κ2) is 14.2. The predicted octanol–water partition coefficient (Wildman–Crippen LogP) is 5.98. The fraction of sp³-hybridized carbons (Fsp3) is 0.433. The Morgan fingerprint density at radius 1 is 1.14 bits per heavy atom. The van der Waals surface area contributed by atoms with Gasteiger partial charge in [0, 0.05) is 17.0 Å². The predicted molar refractivity (Wildman–Crippen MR) is 169 cm³/mol. The first kappa shape index (κ1) is 33.6. The van der Waals surface area contributed by atoms with E-state index in [1.807, 2.05) is 45.0 Å². The molecule has 14 heteroatoms. The van der Waals surface area contributed by atoms with Gasteiger partial charge in [-0.05, 0) is 63.9 Å². The van der Waals surface area contributed by atoms with Crippen LogP contribution in [0.3, 0.4) is 0 Å². The Labute approximate surface area is 261 Å². The molecule has 12 nitrogen and oxygen atoms in total. The summed E-state index contributed by atoms with van der Waals surface area (Å²) in [5.74, 6) is -1.99. The fourth-order valence-electron chi connectivity index (χ4n) is 4.68. The van der Waals surface area contributed by atoms with E-state index in [4.69, 9.17) is 35.9 Å². The van der Waals surface area contributed by atoms with Crippen molar-refractivity contribution in [1.82, 2.24) is 19.6 Å². The van der Waals surface area contributed by atoms with Crippen LogP contribution in [0.4, 0.5) is 5.82 Å². The smallest absolute Gasteiger partial charge is 0.461 e. The largest absolute Gasteiger partial charge is 0.462 e. The third kappa shape index (κ3) is 8.06. The number of nitrogens with one attached hydrogen (secondary N) is 1. The number of nitrogens with two attached hydrogens (primary N) is 1. The first-order valence-electron chi connectivity index (χ1n) is 14.5. The first-order valence-corrected chi connectivity index (χ1v) is 16.4. The number of nitrogen functional groups attached to an aromatic ring is 1. The van der Waals surface area contributed by atoms with Gasteiger partial charge < -0.3 is 29.4 Å². The van der Waals surface area contributed by atoms with Crippen molar-refractivity contribution < 1.29 is 33.0 Å². The Morgan fingerprint density at radius 3 is 2.48 bits per heavy atom. The van der Waals surface area contributed by atoms with Crippen LogP contribution in [0.5, 0.6) is 5.75 Å². The summed E-state index contributed by atoms with van der Waals surface area (Å²) in [6, 6.07) is 12.4. The van der Waals surface area contributed by atoms with E-state index in [0.29, 0.717) is 46.8 Å². The Balaban J connectivity index is 1.72. The number of anilines is 1. The molecule has 0 radical (unpaired) electrons. The van der Waals surface area contributed by atoms with Crippen LogP contribution >= 0.6 is 19.3 Å². The van der Waals surface area contributed by atoms with Crippen molar-refractivity contribution in [1.29, 1.82) is 0 Å². The molecule has 4 N–H and O–H groups in total. The third-order valence-corrected chi connectivity index (χ3v) is 8.87. The molecule has 44 heavy (non-hydrogen) atoms. The number of rotatable bonds is 15. The van der Waals surface area contributed by atoms with E-state index >= 15 is 0 Å². The van der Waals surface area contributed by atoms with Gasteiger partial charge in [-0.15, -0.1) is 0 Å². The zero-order valence-electron chi connectivity index (χ0n) is 25.4. The van der Waals surface area contributed by atoms with E-state index in [2.05, 4.69) is 15.1 Å². The minimum atomic E-state index is -4.47. The number of benzene rings is 2. The van der Waals surface area contributed by atoms with Crippen molar-refractivity contribution in [3.05, 3.63) is 59.4 Å². The molecule has 2 heterocycles. The summed E-state index contributed by atoms with van der Waals surface area (Å²) in [7, 11) is -4.47. The van der Waals surface area contributed by atoms with Gasteiger partial charge in [-0.2, -0.15) is 5.09 Å². The molecule has 238 valence electrons. The fourth-order valence-corrected chi connectivity index (χ4v) is 6.50. The normalized spacial score (nSPS) is 15.3. The van der Waals surface area contributed by atoms with Crippen LogP contribution in [-0.2, 0) is 36.5 Å². The molecule has 0 aliphatic heterocycles. The van der Waals surface area contributed by atoms with Gasteiger partial charge in [0.1, 0.15) is 35.8 Å². The lowest BCUT2D eigenvalue weighted by Crippen LogP contribution is -2.41. The number of hydrogen-bond donors (Lipinski definition) is 3. The molecule has 0 aliphatic carbocycles. The molecule has 3 atom stereocenters. The highest BCUT2D eigenvalue weighted by atomic mass is 35.5. The number of para-hydroxylation sites is 1. The maximum Gasteiger partial charge on any atom is 0.462 e. The quantitative estimate of drug-likeness (QED) is 0.0791. The van der Waals surface area contributed by atoms with Gasteiger partial charge in [0.2, 0.25) is 0 Å². The maximum absolute atomic E-state index is 14.3. The number of carbonyl (C=O) groups is 1. The average Bonchev–Trinajstić information content (AvgIpc) is 3.33. The number of halogens is 1. The number of esters is 1. The lowest BCUT2D eigenvalue weighted by molar-refractivity contribution is -0.152. The van der Waals surface area contributed by atoms with Gasteiger partial charge in [0.15, 0.2) is 11.6 Å². The molecule has 0 aliphatic rings. The highest BCUT2D eigenvalue weighted by Gasteiger charge is 2.41. The molecule has 4 rings (SSSR count). The summed E-state index contributed by atoms with van der Waals surface area (Å²) in [6.07, 6.45) is 0.940. The van der Waals surface area contributed by atoms with Crippen LogP contribution in [0.2, 0.25) is 5.02 Å². The highest BCUT2D eigenvalue weighted by molar-refractivity contribution is 7.52. The summed E-state index contributed by atoms with van der Waals surface area (Å²) < 4.78 is 38.8. The zero-order valence-corrected chi connectivity index (χ0v) is 27.1. The van der Waals surface area contributed by atoms with Gasteiger partial charge >= 0.3 is 13.7 Å². The van der Waals surface area contributed by atoms with Crippen molar-refractivity contribution >= 4 is 53.1 Å². The molecule has 0 amide bonds. The Kier molecular flexibility index (Phi) is 10.9. The number of fused-ring (bicyclic) bond motifs is 3. The Hall–Kier alpha value is -3.25. The minimum absolute atomic E-state index is 0.102. The van der Waals surface area contributed by atoms with E-state index in [0.717, 1.165) is 5.39 Å². The molecule has 0 spiro atoms. The molecule has 0 fully saturated rings. The minimum Gasteiger partial charge on any atom is -0.461 e. The molecular weight excluding hydrogens is 609 g/mol. The SMILES string of the molecule is CCOCc1nc2c(N)nc3ccccc3c2n1CC(C)(O)OP(=O)(N[C@@H](C)C(=O)OC(CC)CC)Oc1ccc(Cl)cc1. The Morgan fingerprint density at radius 2 is 1.82 bits per heavy atom. The van der Waals surface area contributed by atoms with Gasteiger partial charge in [0.25, 0.3) is 0 Å². The molecule has 2 unspecified atom stereocenters. The van der Waals surface area contributed by atoms with Crippen LogP contribution in [-0.4, -0.2) is 50.2 Å². The molecular formula is C30H39ClN5O7P. The van der Waals surface area contributed by atoms with Crippen LogP contribution in [0, 0.1) is 0 Å². The Bertz CT molecular complexity index is 1640. The maximum atomic E-state index is 14.3. The average molecular weight is 648 g/mol. The standard InChI is InChI=1S/C30H39ClN5O7P/c1-6-21(7-2)41-29(37)19(4)35-44(39,42-22-15-13-20(31)14-16-22)43-30(5,38)18-36-25(17-40-8-3)34-26-27(36)23-11-9-10-12-24(23)33-28(26)32/h9-16,19,21,38H,6-8,17-18H2,1-5H3,(H2,32,33)(H,35,39)/t19-,30?,44?/m0/s1. The lowest BCUT2D eigenvalue weighted by atomic mass is 10.2. The van der Waals surface area contributed by atoms with Gasteiger partial charge in [-0.1, -0.05) is 43.6 Å². The van der Waals surface area contributed by atoms with E-state index in [1.54, 1.807) is 16.7 Å². The number of pyridine rings is 1. The highest BCUT2D eigenvalue weighted by Crippen LogP contribution is 2.49.